The third-order valence-corrected chi connectivity index (χ3v) is 5.11. The van der Waals surface area contributed by atoms with Crippen molar-refractivity contribution in [2.24, 2.45) is 0 Å². The minimum absolute atomic E-state index is 0.552. The van der Waals surface area contributed by atoms with Gasteiger partial charge in [0.15, 0.2) is 11.5 Å². The van der Waals surface area contributed by atoms with Gasteiger partial charge in [-0.2, -0.15) is 5.26 Å². The molecule has 1 heterocycles. The number of thiazole rings is 1. The van der Waals surface area contributed by atoms with Crippen molar-refractivity contribution in [2.75, 3.05) is 14.2 Å². The number of benzene rings is 2. The zero-order chi connectivity index (χ0) is 19.2. The van der Waals surface area contributed by atoms with E-state index in [0.717, 1.165) is 23.2 Å². The van der Waals surface area contributed by atoms with Gasteiger partial charge in [0.05, 0.1) is 25.5 Å². The monoisotopic (exact) mass is 376 g/mol. The van der Waals surface area contributed by atoms with Gasteiger partial charge in [-0.3, -0.25) is 0 Å². The van der Waals surface area contributed by atoms with Gasteiger partial charge in [0.1, 0.15) is 11.1 Å². The molecule has 5 heteroatoms. The highest BCUT2D eigenvalue weighted by atomic mass is 32.1. The smallest absolute Gasteiger partial charge is 0.161 e. The number of hydrogen-bond acceptors (Lipinski definition) is 5. The van der Waals surface area contributed by atoms with E-state index < -0.39 is 0 Å². The summed E-state index contributed by atoms with van der Waals surface area (Å²) in [5.41, 5.74) is 4.54. The summed E-state index contributed by atoms with van der Waals surface area (Å²) >= 11 is 1.45. The number of nitriles is 1. The first-order valence-corrected chi connectivity index (χ1v) is 9.45. The van der Waals surface area contributed by atoms with Crippen molar-refractivity contribution < 1.29 is 9.47 Å². The Morgan fingerprint density at radius 2 is 1.85 bits per heavy atom. The van der Waals surface area contributed by atoms with E-state index in [4.69, 9.17) is 9.47 Å². The lowest BCUT2D eigenvalue weighted by Gasteiger charge is -2.08. The highest BCUT2D eigenvalue weighted by Crippen LogP contribution is 2.33. The van der Waals surface area contributed by atoms with E-state index in [1.807, 2.05) is 41.8 Å². The largest absolute Gasteiger partial charge is 0.493 e. The summed E-state index contributed by atoms with van der Waals surface area (Å²) in [5.74, 6) is 1.32. The van der Waals surface area contributed by atoms with Gasteiger partial charge in [0.2, 0.25) is 0 Å². The van der Waals surface area contributed by atoms with Crippen LogP contribution in [0.3, 0.4) is 0 Å². The Kier molecular flexibility index (Phi) is 5.90. The fraction of sp³-hybridized carbons (Fsp3) is 0.182. The fourth-order valence-corrected chi connectivity index (χ4v) is 3.48. The molecule has 0 fully saturated rings. The predicted molar refractivity (Wildman–Crippen MR) is 110 cm³/mol. The molecule has 0 aliphatic rings. The van der Waals surface area contributed by atoms with Crippen LogP contribution in [0.1, 0.15) is 23.1 Å². The van der Waals surface area contributed by atoms with Crippen molar-refractivity contribution >= 4 is 23.0 Å². The van der Waals surface area contributed by atoms with Gasteiger partial charge in [-0.25, -0.2) is 4.98 Å². The lowest BCUT2D eigenvalue weighted by Crippen LogP contribution is -1.91. The second-order valence-corrected chi connectivity index (χ2v) is 6.73. The Hall–Kier alpha value is -3.10. The second kappa shape index (κ2) is 8.52. The van der Waals surface area contributed by atoms with Gasteiger partial charge in [-0.1, -0.05) is 31.2 Å². The lowest BCUT2D eigenvalue weighted by atomic mass is 10.1. The van der Waals surface area contributed by atoms with Gasteiger partial charge in [0, 0.05) is 10.9 Å². The number of ether oxygens (including phenoxy) is 2. The SMILES string of the molecule is CCc1ccc(/C=C(/C#N)c2nc(-c3ccc(OC)c(OC)c3)cs2)cc1. The molecule has 0 saturated carbocycles. The molecule has 0 unspecified atom stereocenters. The number of aryl methyl sites for hydroxylation is 1. The molecule has 1 aromatic heterocycles. The van der Waals surface area contributed by atoms with E-state index in [2.05, 4.69) is 30.1 Å². The first kappa shape index (κ1) is 18.7. The van der Waals surface area contributed by atoms with Gasteiger partial charge >= 0.3 is 0 Å². The van der Waals surface area contributed by atoms with Gasteiger partial charge < -0.3 is 9.47 Å². The van der Waals surface area contributed by atoms with Crippen LogP contribution in [-0.4, -0.2) is 19.2 Å². The molecule has 0 aliphatic heterocycles. The van der Waals surface area contributed by atoms with E-state index in [1.165, 1.54) is 16.9 Å². The quantitative estimate of drug-likeness (QED) is 0.537. The van der Waals surface area contributed by atoms with E-state index in [0.29, 0.717) is 22.1 Å². The predicted octanol–water partition coefficient (Wildman–Crippen LogP) is 5.45. The van der Waals surface area contributed by atoms with E-state index in [1.54, 1.807) is 14.2 Å². The summed E-state index contributed by atoms with van der Waals surface area (Å²) in [7, 11) is 3.21. The number of aromatic nitrogens is 1. The van der Waals surface area contributed by atoms with E-state index >= 15 is 0 Å². The maximum atomic E-state index is 9.58. The van der Waals surface area contributed by atoms with E-state index in [-0.39, 0.29) is 0 Å². The minimum atomic E-state index is 0.552. The maximum Gasteiger partial charge on any atom is 0.161 e. The highest BCUT2D eigenvalue weighted by molar-refractivity contribution is 7.11. The van der Waals surface area contributed by atoms with E-state index in [9.17, 15) is 5.26 Å². The maximum absolute atomic E-state index is 9.58. The van der Waals surface area contributed by atoms with Crippen LogP contribution in [0.5, 0.6) is 11.5 Å². The first-order chi connectivity index (χ1) is 13.2. The minimum Gasteiger partial charge on any atom is -0.493 e. The standard InChI is InChI=1S/C22H20N2O2S/c1-4-15-5-7-16(8-6-15)11-18(13-23)22-24-19(14-27-22)17-9-10-20(25-2)21(12-17)26-3/h5-12,14H,4H2,1-3H3/b18-11-. The molecule has 0 bridgehead atoms. The summed E-state index contributed by atoms with van der Waals surface area (Å²) < 4.78 is 10.6. The van der Waals surface area contributed by atoms with Crippen LogP contribution in [-0.2, 0) is 6.42 Å². The molecule has 0 N–H and O–H groups in total. The molecule has 136 valence electrons. The topological polar surface area (TPSA) is 55.1 Å². The molecule has 0 atom stereocenters. The van der Waals surface area contributed by atoms with Gasteiger partial charge in [-0.05, 0) is 41.8 Å². The molecule has 0 amide bonds. The molecule has 27 heavy (non-hydrogen) atoms. The van der Waals surface area contributed by atoms with Crippen molar-refractivity contribution in [3.8, 4) is 28.8 Å². The number of methoxy groups -OCH3 is 2. The van der Waals surface area contributed by atoms with Crippen LogP contribution in [0.25, 0.3) is 22.9 Å². The molecule has 2 aromatic carbocycles. The number of allylic oxidation sites excluding steroid dienone is 1. The summed E-state index contributed by atoms with van der Waals surface area (Å²) in [4.78, 5) is 4.64. The molecule has 0 saturated heterocycles. The molecule has 3 aromatic rings. The average Bonchev–Trinajstić information content (AvgIpc) is 3.21. The molecule has 0 aliphatic carbocycles. The highest BCUT2D eigenvalue weighted by Gasteiger charge is 2.12. The van der Waals surface area contributed by atoms with Gasteiger partial charge in [-0.15, -0.1) is 11.3 Å². The van der Waals surface area contributed by atoms with Crippen LogP contribution in [0, 0.1) is 11.3 Å². The van der Waals surface area contributed by atoms with Crippen molar-refractivity contribution in [1.29, 1.82) is 5.26 Å². The van der Waals surface area contributed by atoms with Crippen LogP contribution < -0.4 is 9.47 Å². The molecule has 0 spiro atoms. The summed E-state index contributed by atoms with van der Waals surface area (Å²) in [6.45, 7) is 2.12. The summed E-state index contributed by atoms with van der Waals surface area (Å²) in [6.07, 6.45) is 2.87. The Morgan fingerprint density at radius 1 is 1.11 bits per heavy atom. The summed E-state index contributed by atoms with van der Waals surface area (Å²) in [6, 6.07) is 16.1. The van der Waals surface area contributed by atoms with Crippen molar-refractivity contribution in [3.05, 3.63) is 64.0 Å². The normalized spacial score (nSPS) is 11.1. The fourth-order valence-electron chi connectivity index (χ4n) is 2.68. The average molecular weight is 376 g/mol. The zero-order valence-corrected chi connectivity index (χ0v) is 16.3. The third kappa shape index (κ3) is 4.18. The Bertz CT molecular complexity index is 998. The Morgan fingerprint density at radius 3 is 2.48 bits per heavy atom. The summed E-state index contributed by atoms with van der Waals surface area (Å²) in [5, 5.41) is 12.2. The van der Waals surface area contributed by atoms with Crippen molar-refractivity contribution in [3.63, 3.8) is 0 Å². The number of hydrogen-bond donors (Lipinski definition) is 0. The first-order valence-electron chi connectivity index (χ1n) is 8.57. The molecule has 4 nitrogen and oxygen atoms in total. The van der Waals surface area contributed by atoms with Crippen LogP contribution >= 0.6 is 11.3 Å². The number of rotatable bonds is 6. The zero-order valence-electron chi connectivity index (χ0n) is 15.5. The van der Waals surface area contributed by atoms with Crippen LogP contribution in [0.4, 0.5) is 0 Å². The van der Waals surface area contributed by atoms with Gasteiger partial charge in [0.25, 0.3) is 0 Å². The third-order valence-electron chi connectivity index (χ3n) is 4.23. The van der Waals surface area contributed by atoms with Crippen molar-refractivity contribution in [1.82, 2.24) is 4.98 Å². The Balaban J connectivity index is 1.91. The Labute approximate surface area is 163 Å². The van der Waals surface area contributed by atoms with Crippen LogP contribution in [0.2, 0.25) is 0 Å². The second-order valence-electron chi connectivity index (χ2n) is 5.87. The van der Waals surface area contributed by atoms with Crippen molar-refractivity contribution in [2.45, 2.75) is 13.3 Å². The van der Waals surface area contributed by atoms with Crippen LogP contribution in [0.15, 0.2) is 47.8 Å². The molecule has 0 radical (unpaired) electrons. The number of nitrogens with zero attached hydrogens (tertiary/aromatic N) is 2. The molecule has 3 rings (SSSR count). The molecular formula is C22H20N2O2S. The lowest BCUT2D eigenvalue weighted by molar-refractivity contribution is 0.355. The molecular weight excluding hydrogens is 356 g/mol.